The lowest BCUT2D eigenvalue weighted by atomic mass is 9.79. The van der Waals surface area contributed by atoms with Crippen molar-refractivity contribution >= 4 is 11.7 Å². The number of hydrogen-bond acceptors (Lipinski definition) is 3. The molecule has 0 amide bonds. The molecule has 2 aromatic carbocycles. The molecule has 0 atom stereocenters. The van der Waals surface area contributed by atoms with Crippen molar-refractivity contribution < 1.29 is 9.63 Å². The van der Waals surface area contributed by atoms with Crippen LogP contribution in [0.25, 0.3) is 0 Å². The van der Waals surface area contributed by atoms with Crippen molar-refractivity contribution in [3.05, 3.63) is 69.8 Å². The number of carbonyl (C=O) groups excluding carboxylic acids is 1. The second-order valence-corrected chi connectivity index (χ2v) is 9.61. The topological polar surface area (TPSA) is 38.7 Å². The Morgan fingerprint density at radius 1 is 1.11 bits per heavy atom. The van der Waals surface area contributed by atoms with Gasteiger partial charge in [0.15, 0.2) is 0 Å². The fourth-order valence-electron chi connectivity index (χ4n) is 3.77. The third-order valence-electron chi connectivity index (χ3n) is 5.79. The van der Waals surface area contributed by atoms with Gasteiger partial charge in [-0.3, -0.25) is 0 Å². The van der Waals surface area contributed by atoms with Crippen molar-refractivity contribution in [2.45, 2.75) is 72.1 Å². The Hall–Kier alpha value is -2.42. The zero-order chi connectivity index (χ0) is 20.7. The summed E-state index contributed by atoms with van der Waals surface area (Å²) in [6.07, 6.45) is 2.15. The molecule has 0 fully saturated rings. The van der Waals surface area contributed by atoms with Crippen LogP contribution in [0, 0.1) is 6.92 Å². The molecule has 3 heteroatoms. The molecule has 0 bridgehead atoms. The highest BCUT2D eigenvalue weighted by molar-refractivity contribution is 6.01. The number of oxime groups is 1. The summed E-state index contributed by atoms with van der Waals surface area (Å²) in [5, 5.41) is 4.21. The SMILES string of the molecule is CC(=NOC(=O)c1ccc(C)cc1)c1cc(C(C)(C)C)cc2c1CCC2(C)C. The smallest absolute Gasteiger partial charge is 0.313 e. The maximum Gasteiger partial charge on any atom is 0.365 e. The second-order valence-electron chi connectivity index (χ2n) is 9.61. The first-order chi connectivity index (χ1) is 13.0. The van der Waals surface area contributed by atoms with E-state index in [2.05, 4.69) is 51.9 Å². The zero-order valence-electron chi connectivity index (χ0n) is 18.1. The number of aryl methyl sites for hydroxylation is 1. The Bertz CT molecular complexity index is 928. The largest absolute Gasteiger partial charge is 0.365 e. The average Bonchev–Trinajstić information content (AvgIpc) is 2.93. The molecule has 1 aliphatic rings. The molecule has 0 aromatic heterocycles. The summed E-state index contributed by atoms with van der Waals surface area (Å²) in [6.45, 7) is 15.2. The van der Waals surface area contributed by atoms with E-state index in [-0.39, 0.29) is 10.8 Å². The van der Waals surface area contributed by atoms with Crippen LogP contribution in [-0.2, 0) is 22.1 Å². The molecule has 148 valence electrons. The van der Waals surface area contributed by atoms with Gasteiger partial charge in [0, 0.05) is 5.56 Å². The molecule has 1 aliphatic carbocycles. The van der Waals surface area contributed by atoms with E-state index < -0.39 is 5.97 Å². The minimum atomic E-state index is -0.427. The van der Waals surface area contributed by atoms with Gasteiger partial charge in [-0.05, 0) is 72.4 Å². The molecule has 28 heavy (non-hydrogen) atoms. The molecule has 2 aromatic rings. The number of fused-ring (bicyclic) bond motifs is 1. The summed E-state index contributed by atoms with van der Waals surface area (Å²) in [5.74, 6) is -0.427. The van der Waals surface area contributed by atoms with Crippen LogP contribution in [0.1, 0.15) is 86.1 Å². The summed E-state index contributed by atoms with van der Waals surface area (Å²) in [5.41, 5.74) is 7.69. The van der Waals surface area contributed by atoms with Gasteiger partial charge in [0.1, 0.15) is 0 Å². The highest BCUT2D eigenvalue weighted by atomic mass is 16.7. The van der Waals surface area contributed by atoms with Gasteiger partial charge in [0.2, 0.25) is 0 Å². The average molecular weight is 378 g/mol. The Morgan fingerprint density at radius 2 is 1.75 bits per heavy atom. The van der Waals surface area contributed by atoms with Gasteiger partial charge in [0.25, 0.3) is 0 Å². The molecule has 0 spiro atoms. The first-order valence-electron chi connectivity index (χ1n) is 10.00. The van der Waals surface area contributed by atoms with E-state index in [1.54, 1.807) is 12.1 Å². The summed E-state index contributed by atoms with van der Waals surface area (Å²) in [6, 6.07) is 11.9. The minimum absolute atomic E-state index is 0.0430. The normalized spacial score (nSPS) is 16.0. The third-order valence-corrected chi connectivity index (χ3v) is 5.79. The molecule has 0 unspecified atom stereocenters. The zero-order valence-corrected chi connectivity index (χ0v) is 18.1. The van der Waals surface area contributed by atoms with Crippen LogP contribution in [0.4, 0.5) is 0 Å². The lowest BCUT2D eigenvalue weighted by Gasteiger charge is -2.26. The first-order valence-corrected chi connectivity index (χ1v) is 10.00. The van der Waals surface area contributed by atoms with Crippen LogP contribution in [0.2, 0.25) is 0 Å². The summed E-state index contributed by atoms with van der Waals surface area (Å²) < 4.78 is 0. The molecule has 0 radical (unpaired) electrons. The van der Waals surface area contributed by atoms with Gasteiger partial charge in [-0.2, -0.15) is 0 Å². The number of nitrogens with zero attached hydrogens (tertiary/aromatic N) is 1. The van der Waals surface area contributed by atoms with Gasteiger partial charge in [-0.1, -0.05) is 63.5 Å². The first kappa shape index (κ1) is 20.3. The minimum Gasteiger partial charge on any atom is -0.313 e. The van der Waals surface area contributed by atoms with Crippen molar-refractivity contribution in [3.63, 3.8) is 0 Å². The summed E-state index contributed by atoms with van der Waals surface area (Å²) in [7, 11) is 0. The second kappa shape index (κ2) is 7.20. The van der Waals surface area contributed by atoms with Crippen LogP contribution in [0.15, 0.2) is 41.6 Å². The number of carbonyl (C=O) groups is 1. The van der Waals surface area contributed by atoms with E-state index in [1.165, 1.54) is 16.7 Å². The lowest BCUT2D eigenvalue weighted by Crippen LogP contribution is -2.18. The van der Waals surface area contributed by atoms with E-state index in [4.69, 9.17) is 4.84 Å². The van der Waals surface area contributed by atoms with E-state index in [9.17, 15) is 4.79 Å². The number of hydrogen-bond donors (Lipinski definition) is 0. The van der Waals surface area contributed by atoms with Gasteiger partial charge < -0.3 is 4.84 Å². The van der Waals surface area contributed by atoms with E-state index in [0.29, 0.717) is 5.56 Å². The van der Waals surface area contributed by atoms with Crippen LogP contribution in [0.3, 0.4) is 0 Å². The molecule has 3 nitrogen and oxygen atoms in total. The predicted octanol–water partition coefficient (Wildman–Crippen LogP) is 6.10. The van der Waals surface area contributed by atoms with Gasteiger partial charge >= 0.3 is 5.97 Å². The third kappa shape index (κ3) is 4.04. The number of benzene rings is 2. The fourth-order valence-corrected chi connectivity index (χ4v) is 3.77. The van der Waals surface area contributed by atoms with Crippen LogP contribution >= 0.6 is 0 Å². The monoisotopic (exact) mass is 377 g/mol. The Labute approximate surface area is 168 Å². The van der Waals surface area contributed by atoms with Gasteiger partial charge in [-0.25, -0.2) is 4.79 Å². The quantitative estimate of drug-likeness (QED) is 0.368. The molecular formula is C25H31NO2. The highest BCUT2D eigenvalue weighted by Gasteiger charge is 2.33. The van der Waals surface area contributed by atoms with Crippen molar-refractivity contribution in [1.29, 1.82) is 0 Å². The predicted molar refractivity (Wildman–Crippen MR) is 115 cm³/mol. The van der Waals surface area contributed by atoms with Crippen LogP contribution in [-0.4, -0.2) is 11.7 Å². The molecule has 0 N–H and O–H groups in total. The molecule has 0 saturated carbocycles. The molecule has 0 aliphatic heterocycles. The Balaban J connectivity index is 1.96. The Kier molecular flexibility index (Phi) is 5.22. The highest BCUT2D eigenvalue weighted by Crippen LogP contribution is 2.42. The maximum absolute atomic E-state index is 12.3. The van der Waals surface area contributed by atoms with Crippen LogP contribution < -0.4 is 0 Å². The molecule has 0 heterocycles. The van der Waals surface area contributed by atoms with Crippen molar-refractivity contribution in [1.82, 2.24) is 0 Å². The maximum atomic E-state index is 12.3. The summed E-state index contributed by atoms with van der Waals surface area (Å²) >= 11 is 0. The van der Waals surface area contributed by atoms with Gasteiger partial charge in [-0.15, -0.1) is 0 Å². The molecular weight excluding hydrogens is 346 g/mol. The number of rotatable bonds is 3. The molecule has 0 saturated heterocycles. The molecule has 3 rings (SSSR count). The van der Waals surface area contributed by atoms with E-state index in [0.717, 1.165) is 29.7 Å². The standard InChI is InChI=1S/C25H31NO2/c1-16-8-10-18(11-9-16)23(27)28-26-17(2)21-14-19(24(3,4)5)15-22-20(21)12-13-25(22,6)7/h8-11,14-15H,12-13H2,1-7H3. The van der Waals surface area contributed by atoms with Crippen molar-refractivity contribution in [2.75, 3.05) is 0 Å². The Morgan fingerprint density at radius 3 is 2.36 bits per heavy atom. The van der Waals surface area contributed by atoms with E-state index in [1.807, 2.05) is 26.0 Å². The van der Waals surface area contributed by atoms with Crippen molar-refractivity contribution in [2.24, 2.45) is 5.16 Å². The van der Waals surface area contributed by atoms with E-state index >= 15 is 0 Å². The van der Waals surface area contributed by atoms with Gasteiger partial charge in [0.05, 0.1) is 11.3 Å². The fraction of sp³-hybridized carbons (Fsp3) is 0.440. The van der Waals surface area contributed by atoms with Crippen molar-refractivity contribution in [3.8, 4) is 0 Å². The lowest BCUT2D eigenvalue weighted by molar-refractivity contribution is 0.0516. The summed E-state index contributed by atoms with van der Waals surface area (Å²) in [4.78, 5) is 17.6. The van der Waals surface area contributed by atoms with Crippen LogP contribution in [0.5, 0.6) is 0 Å².